The Bertz CT molecular complexity index is 538. The maximum absolute atomic E-state index is 12.2. The molecule has 1 rings (SSSR count). The Morgan fingerprint density at radius 2 is 1.81 bits per heavy atom. The van der Waals surface area contributed by atoms with E-state index in [2.05, 4.69) is 5.16 Å². The molecule has 0 aliphatic carbocycles. The van der Waals surface area contributed by atoms with Gasteiger partial charge < -0.3 is 21.6 Å². The van der Waals surface area contributed by atoms with Gasteiger partial charge in [0, 0.05) is 11.6 Å². The number of nitrogens with two attached hydrogens (primary N) is 2. The number of primary amides is 1. The van der Waals surface area contributed by atoms with Crippen LogP contribution < -0.4 is 11.5 Å². The standard InChI is InChI=1S/C14H20N4O3/c1-9(2)18(8-12(15)19)13(20)7-10-3-5-11(6-4-10)14(16)17-21/h3-6,9,21H,7-8H2,1-2H3,(H2,15,19)(H2,16,17). The Labute approximate surface area is 123 Å². The number of oxime groups is 1. The van der Waals surface area contributed by atoms with E-state index in [0.717, 1.165) is 5.56 Å². The summed E-state index contributed by atoms with van der Waals surface area (Å²) in [4.78, 5) is 24.6. The number of hydrogen-bond acceptors (Lipinski definition) is 4. The molecule has 0 atom stereocenters. The van der Waals surface area contributed by atoms with Crippen LogP contribution in [-0.4, -0.2) is 40.3 Å². The molecule has 0 heterocycles. The third-order valence-electron chi connectivity index (χ3n) is 2.98. The van der Waals surface area contributed by atoms with E-state index in [1.807, 2.05) is 13.8 Å². The quantitative estimate of drug-likeness (QED) is 0.296. The van der Waals surface area contributed by atoms with Gasteiger partial charge in [-0.05, 0) is 19.4 Å². The third kappa shape index (κ3) is 4.79. The van der Waals surface area contributed by atoms with Crippen molar-refractivity contribution in [3.05, 3.63) is 35.4 Å². The minimum absolute atomic E-state index is 0.00501. The summed E-state index contributed by atoms with van der Waals surface area (Å²) in [6.07, 6.45) is 0.155. The molecule has 7 nitrogen and oxygen atoms in total. The Balaban J connectivity index is 2.79. The summed E-state index contributed by atoms with van der Waals surface area (Å²) in [7, 11) is 0. The zero-order valence-corrected chi connectivity index (χ0v) is 12.1. The molecular weight excluding hydrogens is 272 g/mol. The normalized spacial score (nSPS) is 11.5. The van der Waals surface area contributed by atoms with Crippen molar-refractivity contribution in [3.8, 4) is 0 Å². The van der Waals surface area contributed by atoms with E-state index in [9.17, 15) is 9.59 Å². The van der Waals surface area contributed by atoms with Crippen molar-refractivity contribution in [2.75, 3.05) is 6.54 Å². The highest BCUT2D eigenvalue weighted by atomic mass is 16.4. The van der Waals surface area contributed by atoms with Crippen LogP contribution in [0.3, 0.4) is 0 Å². The molecule has 0 radical (unpaired) electrons. The van der Waals surface area contributed by atoms with Crippen LogP contribution in [0, 0.1) is 0 Å². The van der Waals surface area contributed by atoms with Crippen molar-refractivity contribution < 1.29 is 14.8 Å². The molecule has 0 fully saturated rings. The van der Waals surface area contributed by atoms with Crippen molar-refractivity contribution in [1.29, 1.82) is 0 Å². The summed E-state index contributed by atoms with van der Waals surface area (Å²) in [6, 6.07) is 6.64. The molecule has 0 saturated carbocycles. The first-order chi connectivity index (χ1) is 9.85. The average molecular weight is 292 g/mol. The fraction of sp³-hybridized carbons (Fsp3) is 0.357. The zero-order chi connectivity index (χ0) is 16.0. The zero-order valence-electron chi connectivity index (χ0n) is 12.1. The van der Waals surface area contributed by atoms with E-state index >= 15 is 0 Å². The molecule has 114 valence electrons. The smallest absolute Gasteiger partial charge is 0.237 e. The monoisotopic (exact) mass is 292 g/mol. The van der Waals surface area contributed by atoms with Gasteiger partial charge >= 0.3 is 0 Å². The van der Waals surface area contributed by atoms with Crippen molar-refractivity contribution >= 4 is 17.6 Å². The summed E-state index contributed by atoms with van der Waals surface area (Å²) < 4.78 is 0. The number of carbonyl (C=O) groups excluding carboxylic acids is 2. The SMILES string of the molecule is CC(C)N(CC(N)=O)C(=O)Cc1ccc(C(N)=NO)cc1. The average Bonchev–Trinajstić information content (AvgIpc) is 2.44. The fourth-order valence-electron chi connectivity index (χ4n) is 1.85. The first-order valence-electron chi connectivity index (χ1n) is 6.49. The highest BCUT2D eigenvalue weighted by molar-refractivity contribution is 5.97. The van der Waals surface area contributed by atoms with Gasteiger partial charge in [-0.2, -0.15) is 0 Å². The van der Waals surface area contributed by atoms with Gasteiger partial charge in [-0.25, -0.2) is 0 Å². The molecule has 1 aromatic carbocycles. The third-order valence-corrected chi connectivity index (χ3v) is 2.98. The highest BCUT2D eigenvalue weighted by Gasteiger charge is 2.19. The molecule has 0 aromatic heterocycles. The lowest BCUT2D eigenvalue weighted by molar-refractivity contribution is -0.136. The Morgan fingerprint density at radius 3 is 2.24 bits per heavy atom. The van der Waals surface area contributed by atoms with E-state index in [-0.39, 0.29) is 30.8 Å². The maximum Gasteiger partial charge on any atom is 0.237 e. The first-order valence-corrected chi connectivity index (χ1v) is 6.49. The van der Waals surface area contributed by atoms with Gasteiger partial charge in [0.05, 0.1) is 13.0 Å². The molecule has 5 N–H and O–H groups in total. The van der Waals surface area contributed by atoms with Gasteiger partial charge in [0.1, 0.15) is 0 Å². The van der Waals surface area contributed by atoms with Crippen LogP contribution in [0.1, 0.15) is 25.0 Å². The van der Waals surface area contributed by atoms with E-state index in [0.29, 0.717) is 5.56 Å². The summed E-state index contributed by atoms with van der Waals surface area (Å²) in [5.74, 6) is -0.718. The van der Waals surface area contributed by atoms with Crippen LogP contribution in [0.2, 0.25) is 0 Å². The predicted octanol–water partition coefficient (Wildman–Crippen LogP) is 0.0459. The molecule has 0 bridgehead atoms. The Kier molecular flexibility index (Phi) is 5.71. The molecule has 0 aliphatic heterocycles. The number of nitrogens with zero attached hydrogens (tertiary/aromatic N) is 2. The predicted molar refractivity (Wildman–Crippen MR) is 78.7 cm³/mol. The molecule has 21 heavy (non-hydrogen) atoms. The van der Waals surface area contributed by atoms with Gasteiger partial charge in [-0.15, -0.1) is 0 Å². The number of amides is 2. The Hall–Kier alpha value is -2.57. The molecule has 2 amide bonds. The number of carbonyl (C=O) groups is 2. The summed E-state index contributed by atoms with van der Waals surface area (Å²) in [6.45, 7) is 3.55. The summed E-state index contributed by atoms with van der Waals surface area (Å²) in [5.41, 5.74) is 11.9. The highest BCUT2D eigenvalue weighted by Crippen LogP contribution is 2.08. The van der Waals surface area contributed by atoms with Crippen LogP contribution in [0.25, 0.3) is 0 Å². The summed E-state index contributed by atoms with van der Waals surface area (Å²) in [5, 5.41) is 11.5. The number of rotatable bonds is 6. The number of benzene rings is 1. The van der Waals surface area contributed by atoms with Crippen molar-refractivity contribution in [3.63, 3.8) is 0 Å². The number of hydrogen-bond donors (Lipinski definition) is 3. The van der Waals surface area contributed by atoms with E-state index in [1.165, 1.54) is 4.90 Å². The van der Waals surface area contributed by atoms with E-state index < -0.39 is 5.91 Å². The second-order valence-corrected chi connectivity index (χ2v) is 4.94. The Morgan fingerprint density at radius 1 is 1.24 bits per heavy atom. The molecule has 1 aromatic rings. The van der Waals surface area contributed by atoms with Gasteiger partial charge in [0.15, 0.2) is 5.84 Å². The summed E-state index contributed by atoms with van der Waals surface area (Å²) >= 11 is 0. The molecular formula is C14H20N4O3. The van der Waals surface area contributed by atoms with E-state index in [4.69, 9.17) is 16.7 Å². The minimum atomic E-state index is -0.542. The van der Waals surface area contributed by atoms with E-state index in [1.54, 1.807) is 24.3 Å². The second-order valence-electron chi connectivity index (χ2n) is 4.94. The second kappa shape index (κ2) is 7.28. The van der Waals surface area contributed by atoms with Crippen molar-refractivity contribution in [2.45, 2.75) is 26.3 Å². The lowest BCUT2D eigenvalue weighted by atomic mass is 10.1. The molecule has 0 aliphatic rings. The van der Waals surface area contributed by atoms with Crippen LogP contribution in [0.4, 0.5) is 0 Å². The van der Waals surface area contributed by atoms with Crippen LogP contribution in [-0.2, 0) is 16.0 Å². The molecule has 7 heteroatoms. The maximum atomic E-state index is 12.2. The van der Waals surface area contributed by atoms with Gasteiger partial charge in [-0.1, -0.05) is 29.4 Å². The van der Waals surface area contributed by atoms with Crippen LogP contribution >= 0.6 is 0 Å². The molecule has 0 unspecified atom stereocenters. The largest absolute Gasteiger partial charge is 0.409 e. The van der Waals surface area contributed by atoms with Crippen LogP contribution in [0.5, 0.6) is 0 Å². The molecule has 0 saturated heterocycles. The lowest BCUT2D eigenvalue weighted by Crippen LogP contribution is -2.43. The lowest BCUT2D eigenvalue weighted by Gasteiger charge is -2.25. The van der Waals surface area contributed by atoms with Gasteiger partial charge in [0.2, 0.25) is 11.8 Å². The van der Waals surface area contributed by atoms with Gasteiger partial charge in [0.25, 0.3) is 0 Å². The fourth-order valence-corrected chi connectivity index (χ4v) is 1.85. The van der Waals surface area contributed by atoms with Gasteiger partial charge in [-0.3, -0.25) is 9.59 Å². The topological polar surface area (TPSA) is 122 Å². The number of amidine groups is 1. The molecule has 0 spiro atoms. The minimum Gasteiger partial charge on any atom is -0.409 e. The van der Waals surface area contributed by atoms with Crippen molar-refractivity contribution in [1.82, 2.24) is 4.90 Å². The van der Waals surface area contributed by atoms with Crippen LogP contribution in [0.15, 0.2) is 29.4 Å². The first kappa shape index (κ1) is 16.5. The van der Waals surface area contributed by atoms with Crippen molar-refractivity contribution in [2.24, 2.45) is 16.6 Å².